The SMILES string of the molecule is Cc1c(-c2ccc(O)cc2)n(Cc2ccc(/C=C/C(=O)N3CCOCC3)cc2)c2ccc(O)cc12. The molecule has 0 saturated carbocycles. The fraction of sp³-hybridized carbons (Fsp3) is 0.207. The Balaban J connectivity index is 1.43. The molecular formula is C29H28N2O4. The van der Waals surface area contributed by atoms with E-state index in [0.29, 0.717) is 32.8 Å². The average Bonchev–Trinajstić information content (AvgIpc) is 3.15. The molecule has 5 rings (SSSR count). The number of aryl methyl sites for hydroxylation is 1. The number of rotatable bonds is 5. The normalized spacial score (nSPS) is 14.1. The van der Waals surface area contributed by atoms with Crippen LogP contribution < -0.4 is 0 Å². The van der Waals surface area contributed by atoms with Crippen LogP contribution in [0.1, 0.15) is 16.7 Å². The van der Waals surface area contributed by atoms with Crippen LogP contribution in [0.15, 0.2) is 72.8 Å². The Morgan fingerprint density at radius 3 is 2.34 bits per heavy atom. The number of hydrogen-bond acceptors (Lipinski definition) is 4. The molecule has 4 aromatic rings. The topological polar surface area (TPSA) is 74.9 Å². The van der Waals surface area contributed by atoms with E-state index in [9.17, 15) is 15.0 Å². The molecule has 2 heterocycles. The lowest BCUT2D eigenvalue weighted by Gasteiger charge is -2.25. The molecule has 6 nitrogen and oxygen atoms in total. The number of aromatic hydroxyl groups is 2. The molecule has 0 aliphatic carbocycles. The van der Waals surface area contributed by atoms with Crippen molar-refractivity contribution in [3.63, 3.8) is 0 Å². The van der Waals surface area contributed by atoms with E-state index in [1.807, 2.05) is 36.4 Å². The van der Waals surface area contributed by atoms with Gasteiger partial charge in [0.2, 0.25) is 5.91 Å². The van der Waals surface area contributed by atoms with Gasteiger partial charge in [0, 0.05) is 36.6 Å². The quantitative estimate of drug-likeness (QED) is 0.407. The summed E-state index contributed by atoms with van der Waals surface area (Å²) in [5.41, 5.74) is 6.23. The lowest BCUT2D eigenvalue weighted by Crippen LogP contribution is -2.39. The van der Waals surface area contributed by atoms with Gasteiger partial charge in [-0.25, -0.2) is 0 Å². The monoisotopic (exact) mass is 468 g/mol. The number of morpholine rings is 1. The second kappa shape index (κ2) is 9.68. The number of fused-ring (bicyclic) bond motifs is 1. The number of nitrogens with zero attached hydrogens (tertiary/aromatic N) is 2. The molecular weight excluding hydrogens is 440 g/mol. The maximum absolute atomic E-state index is 12.4. The van der Waals surface area contributed by atoms with E-state index in [1.54, 1.807) is 35.2 Å². The minimum Gasteiger partial charge on any atom is -0.508 e. The van der Waals surface area contributed by atoms with Crippen molar-refractivity contribution in [1.82, 2.24) is 9.47 Å². The maximum Gasteiger partial charge on any atom is 0.246 e. The predicted molar refractivity (Wildman–Crippen MR) is 137 cm³/mol. The number of aromatic nitrogens is 1. The van der Waals surface area contributed by atoms with Crippen LogP contribution >= 0.6 is 0 Å². The minimum absolute atomic E-state index is 0.00783. The molecule has 6 heteroatoms. The molecule has 3 aromatic carbocycles. The van der Waals surface area contributed by atoms with E-state index in [1.165, 1.54) is 0 Å². The molecule has 0 unspecified atom stereocenters. The van der Waals surface area contributed by atoms with Gasteiger partial charge in [-0.3, -0.25) is 4.79 Å². The first-order valence-corrected chi connectivity index (χ1v) is 11.7. The molecule has 0 atom stereocenters. The van der Waals surface area contributed by atoms with Crippen molar-refractivity contribution in [3.8, 4) is 22.8 Å². The minimum atomic E-state index is 0.00783. The molecule has 1 aliphatic heterocycles. The number of amides is 1. The lowest BCUT2D eigenvalue weighted by molar-refractivity contribution is -0.129. The van der Waals surface area contributed by atoms with Gasteiger partial charge in [-0.05, 0) is 77.7 Å². The Kier molecular flexibility index (Phi) is 6.29. The van der Waals surface area contributed by atoms with Gasteiger partial charge in [-0.15, -0.1) is 0 Å². The number of phenolic OH excluding ortho intramolecular Hbond substituents is 2. The zero-order chi connectivity index (χ0) is 24.4. The molecule has 0 spiro atoms. The van der Waals surface area contributed by atoms with Crippen molar-refractivity contribution in [2.45, 2.75) is 13.5 Å². The van der Waals surface area contributed by atoms with E-state index < -0.39 is 0 Å². The Bertz CT molecular complexity index is 1380. The smallest absolute Gasteiger partial charge is 0.246 e. The van der Waals surface area contributed by atoms with E-state index >= 15 is 0 Å². The molecule has 1 amide bonds. The van der Waals surface area contributed by atoms with Crippen molar-refractivity contribution in [1.29, 1.82) is 0 Å². The first-order chi connectivity index (χ1) is 17.0. The van der Waals surface area contributed by atoms with Crippen LogP contribution in [0.3, 0.4) is 0 Å². The van der Waals surface area contributed by atoms with Crippen LogP contribution in [0, 0.1) is 6.92 Å². The van der Waals surface area contributed by atoms with Crippen molar-refractivity contribution >= 4 is 22.9 Å². The van der Waals surface area contributed by atoms with Crippen LogP contribution in [-0.4, -0.2) is 51.9 Å². The molecule has 178 valence electrons. The third-order valence-electron chi connectivity index (χ3n) is 6.50. The summed E-state index contributed by atoms with van der Waals surface area (Å²) in [6.45, 7) is 5.14. The van der Waals surface area contributed by atoms with Gasteiger partial charge in [0.05, 0.1) is 18.9 Å². The van der Waals surface area contributed by atoms with E-state index in [-0.39, 0.29) is 17.4 Å². The highest BCUT2D eigenvalue weighted by molar-refractivity contribution is 5.93. The van der Waals surface area contributed by atoms with Crippen molar-refractivity contribution in [2.75, 3.05) is 26.3 Å². The lowest BCUT2D eigenvalue weighted by atomic mass is 10.1. The zero-order valence-corrected chi connectivity index (χ0v) is 19.6. The standard InChI is InChI=1S/C29H28N2O4/c1-20-26-18-25(33)11-12-27(26)31(29(20)23-7-9-24(32)10-8-23)19-22-4-2-21(3-5-22)6-13-28(34)30-14-16-35-17-15-30/h2-13,18,32-33H,14-17,19H2,1H3/b13-6+. The highest BCUT2D eigenvalue weighted by Gasteiger charge is 2.17. The van der Waals surface area contributed by atoms with Gasteiger partial charge in [0.1, 0.15) is 11.5 Å². The molecule has 0 bridgehead atoms. The number of carbonyl (C=O) groups excluding carboxylic acids is 1. The van der Waals surface area contributed by atoms with Gasteiger partial charge >= 0.3 is 0 Å². The van der Waals surface area contributed by atoms with Crippen LogP contribution in [0.2, 0.25) is 0 Å². The predicted octanol–water partition coefficient (Wildman–Crippen LogP) is 4.95. The van der Waals surface area contributed by atoms with Crippen molar-refractivity contribution in [3.05, 3.63) is 89.5 Å². The summed E-state index contributed by atoms with van der Waals surface area (Å²) in [6, 6.07) is 20.8. The number of ether oxygens (including phenoxy) is 1. The van der Waals surface area contributed by atoms with Gasteiger partial charge < -0.3 is 24.4 Å². The molecule has 35 heavy (non-hydrogen) atoms. The number of phenols is 2. The summed E-state index contributed by atoms with van der Waals surface area (Å²) >= 11 is 0. The number of benzene rings is 3. The van der Waals surface area contributed by atoms with E-state index in [0.717, 1.165) is 38.9 Å². The summed E-state index contributed by atoms with van der Waals surface area (Å²) in [5.74, 6) is 0.466. The average molecular weight is 469 g/mol. The van der Waals surface area contributed by atoms with Gasteiger partial charge in [-0.2, -0.15) is 0 Å². The second-order valence-corrected chi connectivity index (χ2v) is 8.82. The van der Waals surface area contributed by atoms with Crippen molar-refractivity contribution in [2.24, 2.45) is 0 Å². The maximum atomic E-state index is 12.4. The second-order valence-electron chi connectivity index (χ2n) is 8.82. The zero-order valence-electron chi connectivity index (χ0n) is 19.6. The molecule has 1 aromatic heterocycles. The Labute approximate surface area is 204 Å². The molecule has 1 fully saturated rings. The summed E-state index contributed by atoms with van der Waals surface area (Å²) < 4.78 is 7.55. The van der Waals surface area contributed by atoms with Gasteiger partial charge in [-0.1, -0.05) is 24.3 Å². The van der Waals surface area contributed by atoms with Gasteiger partial charge in [0.15, 0.2) is 0 Å². The van der Waals surface area contributed by atoms with E-state index in [2.05, 4.69) is 23.6 Å². The van der Waals surface area contributed by atoms with E-state index in [4.69, 9.17) is 4.74 Å². The highest BCUT2D eigenvalue weighted by Crippen LogP contribution is 2.36. The van der Waals surface area contributed by atoms with Crippen LogP contribution in [0.4, 0.5) is 0 Å². The Hall–Kier alpha value is -4.03. The molecule has 1 aliphatic rings. The summed E-state index contributed by atoms with van der Waals surface area (Å²) in [5, 5.41) is 20.8. The number of carbonyl (C=O) groups is 1. The van der Waals surface area contributed by atoms with Gasteiger partial charge in [0.25, 0.3) is 0 Å². The van der Waals surface area contributed by atoms with Crippen molar-refractivity contribution < 1.29 is 19.7 Å². The Morgan fingerprint density at radius 1 is 0.943 bits per heavy atom. The fourth-order valence-electron chi connectivity index (χ4n) is 4.64. The third-order valence-corrected chi connectivity index (χ3v) is 6.50. The summed E-state index contributed by atoms with van der Waals surface area (Å²) in [4.78, 5) is 14.2. The number of hydrogen-bond donors (Lipinski definition) is 2. The molecule has 2 N–H and O–H groups in total. The summed E-state index contributed by atoms with van der Waals surface area (Å²) in [7, 11) is 0. The fourth-order valence-corrected chi connectivity index (χ4v) is 4.64. The Morgan fingerprint density at radius 2 is 1.63 bits per heavy atom. The van der Waals surface area contributed by atoms with Crippen LogP contribution in [0.5, 0.6) is 11.5 Å². The first kappa shape index (κ1) is 22.7. The van der Waals surface area contributed by atoms with Crippen LogP contribution in [-0.2, 0) is 16.1 Å². The highest BCUT2D eigenvalue weighted by atomic mass is 16.5. The van der Waals surface area contributed by atoms with Crippen LogP contribution in [0.25, 0.3) is 28.2 Å². The molecule has 0 radical (unpaired) electrons. The largest absolute Gasteiger partial charge is 0.508 e. The summed E-state index contributed by atoms with van der Waals surface area (Å²) in [6.07, 6.45) is 3.47. The molecule has 1 saturated heterocycles. The first-order valence-electron chi connectivity index (χ1n) is 11.7. The third kappa shape index (κ3) is 4.79.